The molecule has 0 saturated carbocycles. The number of nitrogens with zero attached hydrogens (tertiary/aromatic N) is 1. The van der Waals surface area contributed by atoms with Crippen molar-refractivity contribution in [3.8, 4) is 11.8 Å². The van der Waals surface area contributed by atoms with Crippen molar-refractivity contribution in [2.24, 2.45) is 0 Å². The third-order valence-electron chi connectivity index (χ3n) is 3.40. The predicted octanol–water partition coefficient (Wildman–Crippen LogP) is 5.34. The van der Waals surface area contributed by atoms with Gasteiger partial charge in [0, 0.05) is 5.02 Å². The van der Waals surface area contributed by atoms with Gasteiger partial charge in [-0.25, -0.2) is 4.39 Å². The van der Waals surface area contributed by atoms with E-state index < -0.39 is 0 Å². The van der Waals surface area contributed by atoms with Gasteiger partial charge in [0.25, 0.3) is 0 Å². The van der Waals surface area contributed by atoms with Crippen LogP contribution >= 0.6 is 11.6 Å². The maximum atomic E-state index is 12.9. The fourth-order valence-electron chi connectivity index (χ4n) is 2.17. The molecule has 114 valence electrons. The second kappa shape index (κ2) is 8.41. The molecule has 0 aromatic heterocycles. The number of hydrogen-bond acceptors (Lipinski definition) is 2. The third kappa shape index (κ3) is 5.05. The van der Waals surface area contributed by atoms with Crippen molar-refractivity contribution >= 4 is 11.6 Å². The molecule has 0 radical (unpaired) electrons. The lowest BCUT2D eigenvalue weighted by molar-refractivity contribution is 0.304. The van der Waals surface area contributed by atoms with Gasteiger partial charge in [0.05, 0.1) is 18.6 Å². The van der Waals surface area contributed by atoms with Crippen LogP contribution in [-0.2, 0) is 0 Å². The Morgan fingerprint density at radius 3 is 2.36 bits per heavy atom. The van der Waals surface area contributed by atoms with E-state index in [-0.39, 0.29) is 11.7 Å². The highest BCUT2D eigenvalue weighted by molar-refractivity contribution is 6.30. The summed E-state index contributed by atoms with van der Waals surface area (Å²) >= 11 is 5.80. The molecule has 0 bridgehead atoms. The van der Waals surface area contributed by atoms with E-state index in [9.17, 15) is 9.65 Å². The highest BCUT2D eigenvalue weighted by atomic mass is 35.5. The molecule has 0 aliphatic heterocycles. The van der Waals surface area contributed by atoms with Gasteiger partial charge < -0.3 is 4.74 Å². The summed E-state index contributed by atoms with van der Waals surface area (Å²) in [5.41, 5.74) is 0.863. The Labute approximate surface area is 135 Å². The van der Waals surface area contributed by atoms with E-state index in [2.05, 4.69) is 6.07 Å². The Hall–Kier alpha value is -2.05. The minimum absolute atomic E-state index is 0.198. The zero-order valence-corrected chi connectivity index (χ0v) is 12.9. The molecule has 1 atom stereocenters. The average Bonchev–Trinajstić information content (AvgIpc) is 2.54. The molecule has 2 aromatic carbocycles. The largest absolute Gasteiger partial charge is 0.494 e. The first kappa shape index (κ1) is 16.3. The van der Waals surface area contributed by atoms with Crippen LogP contribution in [0.2, 0.25) is 5.02 Å². The highest BCUT2D eigenvalue weighted by Gasteiger charge is 2.10. The van der Waals surface area contributed by atoms with Crippen LogP contribution in [0.3, 0.4) is 0 Å². The standard InChI is InChI=1S/C18H17ClFNO/c19-16-6-10-18(11-7-16)22-12-2-1-3-15(13-21)14-4-8-17(20)9-5-14/h4-11,15H,1-3,12H2. The van der Waals surface area contributed by atoms with Crippen molar-refractivity contribution in [3.05, 3.63) is 64.9 Å². The van der Waals surface area contributed by atoms with Crippen LogP contribution in [0.15, 0.2) is 48.5 Å². The van der Waals surface area contributed by atoms with Gasteiger partial charge in [0.2, 0.25) is 0 Å². The van der Waals surface area contributed by atoms with Crippen molar-refractivity contribution in [2.45, 2.75) is 25.2 Å². The van der Waals surface area contributed by atoms with Crippen molar-refractivity contribution < 1.29 is 9.13 Å². The lowest BCUT2D eigenvalue weighted by Crippen LogP contribution is -2.00. The Bertz CT molecular complexity index is 619. The highest BCUT2D eigenvalue weighted by Crippen LogP contribution is 2.22. The summed E-state index contributed by atoms with van der Waals surface area (Å²) in [6.07, 6.45) is 2.48. The first-order valence-corrected chi connectivity index (χ1v) is 7.60. The molecule has 2 rings (SSSR count). The van der Waals surface area contributed by atoms with Crippen molar-refractivity contribution in [3.63, 3.8) is 0 Å². The van der Waals surface area contributed by atoms with Crippen molar-refractivity contribution in [2.75, 3.05) is 6.61 Å². The van der Waals surface area contributed by atoms with Gasteiger partial charge in [0.1, 0.15) is 11.6 Å². The fourth-order valence-corrected chi connectivity index (χ4v) is 2.30. The van der Waals surface area contributed by atoms with E-state index in [0.29, 0.717) is 11.6 Å². The first-order chi connectivity index (χ1) is 10.7. The molecule has 0 aliphatic carbocycles. The summed E-state index contributed by atoms with van der Waals surface area (Å²) in [7, 11) is 0. The third-order valence-corrected chi connectivity index (χ3v) is 3.65. The van der Waals surface area contributed by atoms with Crippen LogP contribution in [-0.4, -0.2) is 6.61 Å². The van der Waals surface area contributed by atoms with Crippen LogP contribution < -0.4 is 4.74 Å². The lowest BCUT2D eigenvalue weighted by Gasteiger charge is -2.10. The van der Waals surface area contributed by atoms with Crippen molar-refractivity contribution in [1.82, 2.24) is 0 Å². The van der Waals surface area contributed by atoms with E-state index >= 15 is 0 Å². The van der Waals surface area contributed by atoms with Gasteiger partial charge in [-0.2, -0.15) is 5.26 Å². The molecule has 4 heteroatoms. The molecular weight excluding hydrogens is 301 g/mol. The second-order valence-electron chi connectivity index (χ2n) is 5.03. The maximum Gasteiger partial charge on any atom is 0.123 e. The Morgan fingerprint density at radius 2 is 1.73 bits per heavy atom. The molecule has 0 fully saturated rings. The van der Waals surface area contributed by atoms with Gasteiger partial charge in [-0.3, -0.25) is 0 Å². The second-order valence-corrected chi connectivity index (χ2v) is 5.47. The van der Waals surface area contributed by atoms with Gasteiger partial charge in [-0.15, -0.1) is 0 Å². The fraction of sp³-hybridized carbons (Fsp3) is 0.278. The number of ether oxygens (including phenoxy) is 1. The normalized spacial score (nSPS) is 11.7. The smallest absolute Gasteiger partial charge is 0.123 e. The topological polar surface area (TPSA) is 33.0 Å². The van der Waals surface area contributed by atoms with Crippen LogP contribution in [0.1, 0.15) is 30.7 Å². The minimum Gasteiger partial charge on any atom is -0.494 e. The summed E-state index contributed by atoms with van der Waals surface area (Å²) in [4.78, 5) is 0. The van der Waals surface area contributed by atoms with E-state index in [1.54, 1.807) is 24.3 Å². The number of nitriles is 1. The molecule has 22 heavy (non-hydrogen) atoms. The minimum atomic E-state index is -0.281. The molecule has 0 aliphatic rings. The molecule has 0 amide bonds. The molecule has 0 N–H and O–H groups in total. The summed E-state index contributed by atoms with van der Waals surface area (Å²) in [6, 6.07) is 15.6. The summed E-state index contributed by atoms with van der Waals surface area (Å²) in [5.74, 6) is 0.313. The van der Waals surface area contributed by atoms with Gasteiger partial charge in [0.15, 0.2) is 0 Å². The Balaban J connectivity index is 1.72. The molecule has 2 nitrogen and oxygen atoms in total. The summed E-state index contributed by atoms with van der Waals surface area (Å²) < 4.78 is 18.5. The molecule has 0 spiro atoms. The number of hydrogen-bond donors (Lipinski definition) is 0. The number of unbranched alkanes of at least 4 members (excludes halogenated alkanes) is 1. The molecule has 0 saturated heterocycles. The van der Waals surface area contributed by atoms with Gasteiger partial charge in [-0.05, 0) is 61.2 Å². The van der Waals surface area contributed by atoms with E-state index in [0.717, 1.165) is 30.6 Å². The quantitative estimate of drug-likeness (QED) is 0.646. The molecule has 1 unspecified atom stereocenters. The summed E-state index contributed by atoms with van der Waals surface area (Å²) in [6.45, 7) is 0.600. The van der Waals surface area contributed by atoms with Crippen LogP contribution in [0, 0.1) is 17.1 Å². The molecular formula is C18H17ClFNO. The lowest BCUT2D eigenvalue weighted by atomic mass is 9.95. The zero-order chi connectivity index (χ0) is 15.8. The number of benzene rings is 2. The monoisotopic (exact) mass is 317 g/mol. The van der Waals surface area contributed by atoms with Crippen LogP contribution in [0.5, 0.6) is 5.75 Å². The predicted molar refractivity (Wildman–Crippen MR) is 85.6 cm³/mol. The molecule has 2 aromatic rings. The van der Waals surface area contributed by atoms with Gasteiger partial charge >= 0.3 is 0 Å². The van der Waals surface area contributed by atoms with Crippen LogP contribution in [0.25, 0.3) is 0 Å². The Kier molecular flexibility index (Phi) is 6.24. The van der Waals surface area contributed by atoms with E-state index in [4.69, 9.17) is 16.3 Å². The van der Waals surface area contributed by atoms with E-state index in [1.807, 2.05) is 12.1 Å². The van der Waals surface area contributed by atoms with Crippen molar-refractivity contribution in [1.29, 1.82) is 5.26 Å². The number of halogens is 2. The summed E-state index contributed by atoms with van der Waals surface area (Å²) in [5, 5.41) is 9.91. The molecule has 0 heterocycles. The maximum absolute atomic E-state index is 12.9. The zero-order valence-electron chi connectivity index (χ0n) is 12.1. The SMILES string of the molecule is N#CC(CCCCOc1ccc(Cl)cc1)c1ccc(F)cc1. The van der Waals surface area contributed by atoms with Crippen LogP contribution in [0.4, 0.5) is 4.39 Å². The Morgan fingerprint density at radius 1 is 1.05 bits per heavy atom. The first-order valence-electron chi connectivity index (χ1n) is 7.22. The van der Waals surface area contributed by atoms with Gasteiger partial charge in [-0.1, -0.05) is 23.7 Å². The number of rotatable bonds is 7. The van der Waals surface area contributed by atoms with E-state index in [1.165, 1.54) is 12.1 Å². The average molecular weight is 318 g/mol.